The van der Waals surface area contributed by atoms with Crippen molar-refractivity contribution >= 4 is 46.4 Å². The van der Waals surface area contributed by atoms with Crippen LogP contribution < -0.4 is 5.32 Å². The van der Waals surface area contributed by atoms with Gasteiger partial charge in [-0.25, -0.2) is 0 Å². The van der Waals surface area contributed by atoms with Gasteiger partial charge in [-0.05, 0) is 12.1 Å². The molecule has 3 N–H and O–H groups in total. The van der Waals surface area contributed by atoms with Crippen LogP contribution in [0, 0.1) is 0 Å². The van der Waals surface area contributed by atoms with E-state index in [1.807, 2.05) is 0 Å². The Labute approximate surface area is 131 Å². The third-order valence-electron chi connectivity index (χ3n) is 2.97. The summed E-state index contributed by atoms with van der Waals surface area (Å²) < 4.78 is 0. The largest absolute Gasteiger partial charge is 0.389 e. The number of hydrogen-bond acceptors (Lipinski definition) is 4. The Kier molecular flexibility index (Phi) is 5.12. The minimum atomic E-state index is -0.828. The third-order valence-corrected chi connectivity index (χ3v) is 3.79. The molecule has 1 aromatic carbocycles. The van der Waals surface area contributed by atoms with E-state index in [0.717, 1.165) is 0 Å². The van der Waals surface area contributed by atoms with E-state index in [0.29, 0.717) is 10.7 Å². The fourth-order valence-corrected chi connectivity index (χ4v) is 2.93. The first kappa shape index (κ1) is 15.8. The van der Waals surface area contributed by atoms with E-state index < -0.39 is 12.2 Å². The lowest BCUT2D eigenvalue weighted by Gasteiger charge is -2.15. The van der Waals surface area contributed by atoms with E-state index in [9.17, 15) is 15.0 Å². The number of anilines is 1. The second-order valence-corrected chi connectivity index (χ2v) is 5.87. The molecule has 1 fully saturated rings. The van der Waals surface area contributed by atoms with Crippen molar-refractivity contribution in [2.24, 2.45) is 0 Å². The minimum absolute atomic E-state index is 0.0312. The van der Waals surface area contributed by atoms with Crippen molar-refractivity contribution in [2.75, 3.05) is 25.0 Å². The Morgan fingerprint density at radius 3 is 2.20 bits per heavy atom. The van der Waals surface area contributed by atoms with E-state index in [-0.39, 0.29) is 35.6 Å². The lowest BCUT2D eigenvalue weighted by Crippen LogP contribution is -2.32. The zero-order valence-electron chi connectivity index (χ0n) is 10.3. The molecule has 110 valence electrons. The highest BCUT2D eigenvalue weighted by molar-refractivity contribution is 6.42. The molecule has 20 heavy (non-hydrogen) atoms. The van der Waals surface area contributed by atoms with Gasteiger partial charge in [0.1, 0.15) is 0 Å². The van der Waals surface area contributed by atoms with E-state index >= 15 is 0 Å². The summed E-state index contributed by atoms with van der Waals surface area (Å²) in [6.45, 7) is 0.525. The fourth-order valence-electron chi connectivity index (χ4n) is 2.02. The van der Waals surface area contributed by atoms with Crippen LogP contribution in [0.4, 0.5) is 5.69 Å². The smallest absolute Gasteiger partial charge is 0.238 e. The summed E-state index contributed by atoms with van der Waals surface area (Å²) in [5.41, 5.74) is 0.294. The number of nitrogens with one attached hydrogen (secondary N) is 1. The van der Waals surface area contributed by atoms with Crippen LogP contribution >= 0.6 is 34.8 Å². The Hall–Kier alpha value is -0.560. The number of amides is 1. The molecule has 2 unspecified atom stereocenters. The topological polar surface area (TPSA) is 72.8 Å². The van der Waals surface area contributed by atoms with Gasteiger partial charge in [0.2, 0.25) is 5.91 Å². The molecule has 2 rings (SSSR count). The van der Waals surface area contributed by atoms with Gasteiger partial charge in [0.15, 0.2) is 0 Å². The van der Waals surface area contributed by atoms with Crippen LogP contribution in [0.1, 0.15) is 0 Å². The standard InChI is InChI=1S/C12H13Cl3N2O3/c13-6-1-7(14)12(8(15)2-6)16-11(20)5-17-3-9(18)10(19)4-17/h1-2,9-10,18-19H,3-5H2,(H,16,20). The molecule has 1 heterocycles. The molecule has 0 spiro atoms. The van der Waals surface area contributed by atoms with Gasteiger partial charge in [0.25, 0.3) is 0 Å². The number of rotatable bonds is 3. The first-order valence-electron chi connectivity index (χ1n) is 5.89. The first-order chi connectivity index (χ1) is 9.36. The van der Waals surface area contributed by atoms with Crippen LogP contribution in [0.2, 0.25) is 15.1 Å². The van der Waals surface area contributed by atoms with Gasteiger partial charge >= 0.3 is 0 Å². The average Bonchev–Trinajstić information content (AvgIpc) is 2.63. The molecule has 1 aliphatic heterocycles. The summed E-state index contributed by atoms with van der Waals surface area (Å²) in [5, 5.41) is 22.3. The molecule has 1 aliphatic rings. The van der Waals surface area contributed by atoms with Crippen molar-refractivity contribution in [1.29, 1.82) is 0 Å². The number of halogens is 3. The van der Waals surface area contributed by atoms with Crippen LogP contribution in [0.25, 0.3) is 0 Å². The number of carbonyl (C=O) groups is 1. The van der Waals surface area contributed by atoms with Crippen LogP contribution in [0.15, 0.2) is 12.1 Å². The Morgan fingerprint density at radius 2 is 1.70 bits per heavy atom. The molecule has 1 saturated heterocycles. The SMILES string of the molecule is O=C(CN1CC(O)C(O)C1)Nc1c(Cl)cc(Cl)cc1Cl. The van der Waals surface area contributed by atoms with Crippen LogP contribution in [-0.2, 0) is 4.79 Å². The Bertz CT molecular complexity index is 494. The highest BCUT2D eigenvalue weighted by atomic mass is 35.5. The van der Waals surface area contributed by atoms with Crippen molar-refractivity contribution in [2.45, 2.75) is 12.2 Å². The molecule has 0 bridgehead atoms. The number of benzene rings is 1. The summed E-state index contributed by atoms with van der Waals surface area (Å²) >= 11 is 17.7. The third kappa shape index (κ3) is 3.75. The Morgan fingerprint density at radius 1 is 1.20 bits per heavy atom. The van der Waals surface area contributed by atoms with Gasteiger partial charge in [0, 0.05) is 18.1 Å². The molecular formula is C12H13Cl3N2O3. The zero-order valence-corrected chi connectivity index (χ0v) is 12.6. The van der Waals surface area contributed by atoms with E-state index in [1.54, 1.807) is 4.90 Å². The molecule has 8 heteroatoms. The number of aliphatic hydroxyl groups excluding tert-OH is 2. The predicted octanol–water partition coefficient (Wildman–Crippen LogP) is 1.62. The number of hydrogen-bond donors (Lipinski definition) is 3. The van der Waals surface area contributed by atoms with Gasteiger partial charge in [-0.2, -0.15) is 0 Å². The lowest BCUT2D eigenvalue weighted by atomic mass is 10.3. The molecule has 0 aromatic heterocycles. The molecule has 0 saturated carbocycles. The van der Waals surface area contributed by atoms with Crippen molar-refractivity contribution in [3.8, 4) is 0 Å². The van der Waals surface area contributed by atoms with E-state index in [4.69, 9.17) is 34.8 Å². The van der Waals surface area contributed by atoms with Crippen molar-refractivity contribution < 1.29 is 15.0 Å². The predicted molar refractivity (Wildman–Crippen MR) is 78.6 cm³/mol. The molecule has 0 radical (unpaired) electrons. The van der Waals surface area contributed by atoms with E-state index in [1.165, 1.54) is 12.1 Å². The Balaban J connectivity index is 1.99. The maximum atomic E-state index is 11.9. The van der Waals surface area contributed by atoms with Crippen molar-refractivity contribution in [3.05, 3.63) is 27.2 Å². The summed E-state index contributed by atoms with van der Waals surface area (Å²) in [4.78, 5) is 13.5. The number of likely N-dealkylation sites (tertiary alicyclic amines) is 1. The molecular weight excluding hydrogens is 327 g/mol. The zero-order chi connectivity index (χ0) is 14.9. The summed E-state index contributed by atoms with van der Waals surface area (Å²) in [6.07, 6.45) is -1.66. The summed E-state index contributed by atoms with van der Waals surface area (Å²) in [6, 6.07) is 2.96. The fraction of sp³-hybridized carbons (Fsp3) is 0.417. The van der Waals surface area contributed by atoms with Crippen LogP contribution in [0.3, 0.4) is 0 Å². The van der Waals surface area contributed by atoms with Crippen LogP contribution in [-0.4, -0.2) is 52.9 Å². The number of carbonyl (C=O) groups excluding carboxylic acids is 1. The van der Waals surface area contributed by atoms with Crippen molar-refractivity contribution in [3.63, 3.8) is 0 Å². The monoisotopic (exact) mass is 338 g/mol. The average molecular weight is 340 g/mol. The summed E-state index contributed by atoms with van der Waals surface area (Å²) in [7, 11) is 0. The van der Waals surface area contributed by atoms with Gasteiger partial charge < -0.3 is 15.5 Å². The minimum Gasteiger partial charge on any atom is -0.389 e. The number of β-amino-alcohol motifs (C(OH)–C–C–N with tert-alkyl or cyclic N) is 2. The van der Waals surface area contributed by atoms with Gasteiger partial charge in [-0.3, -0.25) is 9.69 Å². The molecule has 5 nitrogen and oxygen atoms in total. The summed E-state index contributed by atoms with van der Waals surface area (Å²) in [5.74, 6) is -0.336. The van der Waals surface area contributed by atoms with Gasteiger partial charge in [-0.15, -0.1) is 0 Å². The maximum Gasteiger partial charge on any atom is 0.238 e. The maximum absolute atomic E-state index is 11.9. The highest BCUT2D eigenvalue weighted by Crippen LogP contribution is 2.33. The second-order valence-electron chi connectivity index (χ2n) is 4.62. The first-order valence-corrected chi connectivity index (χ1v) is 7.03. The quantitative estimate of drug-likeness (QED) is 0.782. The lowest BCUT2D eigenvalue weighted by molar-refractivity contribution is -0.117. The molecule has 2 atom stereocenters. The van der Waals surface area contributed by atoms with Gasteiger partial charge in [0.05, 0.1) is 34.5 Å². The van der Waals surface area contributed by atoms with E-state index in [2.05, 4.69) is 5.32 Å². The highest BCUT2D eigenvalue weighted by Gasteiger charge is 2.30. The van der Waals surface area contributed by atoms with Gasteiger partial charge in [-0.1, -0.05) is 34.8 Å². The molecule has 1 aromatic rings. The van der Waals surface area contributed by atoms with Crippen LogP contribution in [0.5, 0.6) is 0 Å². The number of nitrogens with zero attached hydrogens (tertiary/aromatic N) is 1. The molecule has 0 aliphatic carbocycles. The van der Waals surface area contributed by atoms with Crippen molar-refractivity contribution in [1.82, 2.24) is 4.90 Å². The molecule has 1 amide bonds. The number of aliphatic hydroxyl groups is 2. The second kappa shape index (κ2) is 6.47. The normalized spacial score (nSPS) is 23.1.